The van der Waals surface area contributed by atoms with Crippen LogP contribution in [0.3, 0.4) is 0 Å². The third kappa shape index (κ3) is 5.37. The summed E-state index contributed by atoms with van der Waals surface area (Å²) in [6, 6.07) is 7.39. The first kappa shape index (κ1) is 16.3. The molecule has 0 saturated heterocycles. The number of carbonyl (C=O) groups is 1. The monoisotopic (exact) mass is 320 g/mol. The summed E-state index contributed by atoms with van der Waals surface area (Å²) in [5, 5.41) is 2.92. The second kappa shape index (κ2) is 8.38. The third-order valence-electron chi connectivity index (χ3n) is 2.89. The Kier molecular flexibility index (Phi) is 6.21. The number of hydrogen-bond donors (Lipinski definition) is 1. The van der Waals surface area contributed by atoms with E-state index in [0.29, 0.717) is 18.9 Å². The number of anilines is 1. The average molecular weight is 320 g/mol. The molecule has 0 aliphatic carbocycles. The largest absolute Gasteiger partial charge is 0.494 e. The number of rotatable bonds is 8. The number of aryl methyl sites for hydroxylation is 1. The first-order valence-corrected chi connectivity index (χ1v) is 8.12. The van der Waals surface area contributed by atoms with Crippen molar-refractivity contribution in [1.82, 2.24) is 4.98 Å². The van der Waals surface area contributed by atoms with E-state index >= 15 is 0 Å². The maximum Gasteiger partial charge on any atom is 0.311 e. The number of hydrogen-bond acceptors (Lipinski definition) is 6. The minimum absolute atomic E-state index is 0.232. The Balaban J connectivity index is 1.71. The predicted octanol–water partition coefficient (Wildman–Crippen LogP) is 2.84. The van der Waals surface area contributed by atoms with Crippen molar-refractivity contribution in [3.63, 3.8) is 0 Å². The number of esters is 1. The van der Waals surface area contributed by atoms with Gasteiger partial charge in [-0.1, -0.05) is 6.07 Å². The molecule has 0 aliphatic rings. The van der Waals surface area contributed by atoms with E-state index in [1.54, 1.807) is 24.3 Å². The van der Waals surface area contributed by atoms with Gasteiger partial charge in [-0.15, -0.1) is 11.3 Å². The van der Waals surface area contributed by atoms with Crippen LogP contribution in [0, 0.1) is 0 Å². The molecule has 1 aromatic heterocycles. The van der Waals surface area contributed by atoms with Gasteiger partial charge < -0.3 is 15.2 Å². The van der Waals surface area contributed by atoms with Gasteiger partial charge in [0.25, 0.3) is 0 Å². The van der Waals surface area contributed by atoms with Crippen LogP contribution < -0.4 is 10.5 Å². The van der Waals surface area contributed by atoms with E-state index in [1.165, 1.54) is 0 Å². The molecule has 0 radical (unpaired) electrons. The first-order valence-electron chi connectivity index (χ1n) is 7.24. The van der Waals surface area contributed by atoms with Crippen LogP contribution in [0.2, 0.25) is 0 Å². The van der Waals surface area contributed by atoms with E-state index in [9.17, 15) is 4.79 Å². The quantitative estimate of drug-likeness (QED) is 0.460. The summed E-state index contributed by atoms with van der Waals surface area (Å²) in [5.74, 6) is 0.548. The maximum atomic E-state index is 11.4. The third-order valence-corrected chi connectivity index (χ3v) is 3.85. The number of benzene rings is 1. The molecule has 6 heteroatoms. The Labute approximate surface area is 134 Å². The average Bonchev–Trinajstić information content (AvgIpc) is 2.91. The summed E-state index contributed by atoms with van der Waals surface area (Å²) in [5.41, 5.74) is 7.16. The molecule has 0 aliphatic heterocycles. The molecule has 0 atom stereocenters. The molecule has 1 heterocycles. The van der Waals surface area contributed by atoms with Gasteiger partial charge in [0.1, 0.15) is 5.75 Å². The second-order valence-electron chi connectivity index (χ2n) is 4.74. The molecule has 0 amide bonds. The number of carbonyl (C=O) groups excluding carboxylic acids is 1. The SMILES string of the molecule is CCOC(=O)Cc1csc(CCCOc2cccc(N)c2)n1. The lowest BCUT2D eigenvalue weighted by molar-refractivity contribution is -0.142. The zero-order chi connectivity index (χ0) is 15.8. The van der Waals surface area contributed by atoms with Crippen LogP contribution in [-0.2, 0) is 22.4 Å². The van der Waals surface area contributed by atoms with Gasteiger partial charge in [-0.2, -0.15) is 0 Å². The van der Waals surface area contributed by atoms with Crippen LogP contribution in [0.5, 0.6) is 5.75 Å². The van der Waals surface area contributed by atoms with Gasteiger partial charge in [-0.3, -0.25) is 4.79 Å². The highest BCUT2D eigenvalue weighted by atomic mass is 32.1. The number of thiazole rings is 1. The highest BCUT2D eigenvalue weighted by molar-refractivity contribution is 7.09. The lowest BCUT2D eigenvalue weighted by Gasteiger charge is -2.05. The Hall–Kier alpha value is -2.08. The number of aromatic nitrogens is 1. The molecule has 0 spiro atoms. The predicted molar refractivity (Wildman–Crippen MR) is 87.1 cm³/mol. The molecule has 2 rings (SSSR count). The van der Waals surface area contributed by atoms with Gasteiger partial charge in [-0.05, 0) is 25.5 Å². The summed E-state index contributed by atoms with van der Waals surface area (Å²) >= 11 is 1.56. The van der Waals surface area contributed by atoms with Crippen LogP contribution in [0.25, 0.3) is 0 Å². The van der Waals surface area contributed by atoms with Gasteiger partial charge in [0.05, 0.1) is 30.3 Å². The highest BCUT2D eigenvalue weighted by Gasteiger charge is 2.08. The number of nitrogens with two attached hydrogens (primary N) is 1. The van der Waals surface area contributed by atoms with E-state index in [2.05, 4.69) is 4.98 Å². The van der Waals surface area contributed by atoms with E-state index in [-0.39, 0.29) is 12.4 Å². The van der Waals surface area contributed by atoms with Gasteiger partial charge in [0.2, 0.25) is 0 Å². The minimum atomic E-state index is -0.232. The van der Waals surface area contributed by atoms with Gasteiger partial charge in [0, 0.05) is 23.6 Å². The normalized spacial score (nSPS) is 10.4. The van der Waals surface area contributed by atoms with Crippen molar-refractivity contribution in [2.24, 2.45) is 0 Å². The second-order valence-corrected chi connectivity index (χ2v) is 5.68. The molecular weight excluding hydrogens is 300 g/mol. The van der Waals surface area contributed by atoms with Crippen LogP contribution in [-0.4, -0.2) is 24.2 Å². The number of nitrogen functional groups attached to an aromatic ring is 1. The molecule has 0 unspecified atom stereocenters. The summed E-state index contributed by atoms with van der Waals surface area (Å²) in [6.07, 6.45) is 1.93. The lowest BCUT2D eigenvalue weighted by atomic mass is 10.3. The van der Waals surface area contributed by atoms with Crippen molar-refractivity contribution in [2.75, 3.05) is 18.9 Å². The topological polar surface area (TPSA) is 74.4 Å². The Morgan fingerprint density at radius 1 is 1.41 bits per heavy atom. The summed E-state index contributed by atoms with van der Waals surface area (Å²) in [7, 11) is 0. The van der Waals surface area contributed by atoms with Gasteiger partial charge in [-0.25, -0.2) is 4.98 Å². The smallest absolute Gasteiger partial charge is 0.311 e. The Morgan fingerprint density at radius 3 is 3.05 bits per heavy atom. The van der Waals surface area contributed by atoms with Crippen molar-refractivity contribution in [3.05, 3.63) is 40.3 Å². The van der Waals surface area contributed by atoms with E-state index in [0.717, 1.165) is 29.3 Å². The highest BCUT2D eigenvalue weighted by Crippen LogP contribution is 2.16. The fourth-order valence-electron chi connectivity index (χ4n) is 1.92. The van der Waals surface area contributed by atoms with Crippen LogP contribution in [0.1, 0.15) is 24.0 Å². The number of nitrogens with zero attached hydrogens (tertiary/aromatic N) is 1. The number of ether oxygens (including phenoxy) is 2. The molecule has 2 N–H and O–H groups in total. The molecule has 1 aromatic carbocycles. The molecule has 0 bridgehead atoms. The maximum absolute atomic E-state index is 11.4. The van der Waals surface area contributed by atoms with Crippen LogP contribution in [0.15, 0.2) is 29.6 Å². The summed E-state index contributed by atoms with van der Waals surface area (Å²) in [4.78, 5) is 15.8. The van der Waals surface area contributed by atoms with Crippen LogP contribution in [0.4, 0.5) is 5.69 Å². The molecule has 0 saturated carbocycles. The zero-order valence-corrected chi connectivity index (χ0v) is 13.4. The van der Waals surface area contributed by atoms with Crippen molar-refractivity contribution >= 4 is 23.0 Å². The molecule has 0 fully saturated rings. The molecular formula is C16H20N2O3S. The van der Waals surface area contributed by atoms with Crippen LogP contribution >= 0.6 is 11.3 Å². The standard InChI is InChI=1S/C16H20N2O3S/c1-2-20-16(19)10-13-11-22-15(18-13)7-4-8-21-14-6-3-5-12(17)9-14/h3,5-6,9,11H,2,4,7-8,10,17H2,1H3. The van der Waals surface area contributed by atoms with Crippen molar-refractivity contribution in [3.8, 4) is 5.75 Å². The van der Waals surface area contributed by atoms with E-state index in [4.69, 9.17) is 15.2 Å². The van der Waals surface area contributed by atoms with E-state index in [1.807, 2.05) is 23.6 Å². The summed E-state index contributed by atoms with van der Waals surface area (Å²) < 4.78 is 10.5. The fourth-order valence-corrected chi connectivity index (χ4v) is 2.76. The summed E-state index contributed by atoms with van der Waals surface area (Å²) in [6.45, 7) is 2.80. The fraction of sp³-hybridized carbons (Fsp3) is 0.375. The van der Waals surface area contributed by atoms with Gasteiger partial charge in [0.15, 0.2) is 0 Å². The molecule has 118 valence electrons. The first-order chi connectivity index (χ1) is 10.7. The molecule has 2 aromatic rings. The van der Waals surface area contributed by atoms with Gasteiger partial charge >= 0.3 is 5.97 Å². The zero-order valence-electron chi connectivity index (χ0n) is 12.6. The molecule has 5 nitrogen and oxygen atoms in total. The van der Waals surface area contributed by atoms with Crippen molar-refractivity contribution in [2.45, 2.75) is 26.2 Å². The van der Waals surface area contributed by atoms with Crippen molar-refractivity contribution < 1.29 is 14.3 Å². The Morgan fingerprint density at radius 2 is 2.27 bits per heavy atom. The van der Waals surface area contributed by atoms with Crippen molar-refractivity contribution in [1.29, 1.82) is 0 Å². The lowest BCUT2D eigenvalue weighted by Crippen LogP contribution is -2.07. The minimum Gasteiger partial charge on any atom is -0.494 e. The molecule has 22 heavy (non-hydrogen) atoms. The van der Waals surface area contributed by atoms with E-state index < -0.39 is 0 Å². The Bertz CT molecular complexity index is 613.